The minimum Gasteiger partial charge on any atom is -0.496 e. The van der Waals surface area contributed by atoms with Crippen molar-refractivity contribution in [1.82, 2.24) is 4.98 Å². The lowest BCUT2D eigenvalue weighted by molar-refractivity contribution is 0.0996. The quantitative estimate of drug-likeness (QED) is 0.725. The summed E-state index contributed by atoms with van der Waals surface area (Å²) in [5.74, 6) is 1.21. The number of nitrogens with zero attached hydrogens (tertiary/aromatic N) is 1. The first-order valence-electron chi connectivity index (χ1n) is 7.43. The summed E-state index contributed by atoms with van der Waals surface area (Å²) in [4.78, 5) is 16.1. The molecule has 2 heterocycles. The maximum atomic E-state index is 11.9. The van der Waals surface area contributed by atoms with Crippen molar-refractivity contribution in [2.24, 2.45) is 0 Å². The van der Waals surface area contributed by atoms with E-state index in [0.29, 0.717) is 12.4 Å². The van der Waals surface area contributed by atoms with E-state index in [-0.39, 0.29) is 11.7 Å². The molecule has 0 spiro atoms. The molecule has 0 bridgehead atoms. The number of pyridine rings is 1. The summed E-state index contributed by atoms with van der Waals surface area (Å²) in [7, 11) is 1.65. The minimum absolute atomic E-state index is 0.246. The molecule has 1 aromatic carbocycles. The first-order valence-corrected chi connectivity index (χ1v) is 7.43. The van der Waals surface area contributed by atoms with Gasteiger partial charge in [-0.15, -0.1) is 0 Å². The van der Waals surface area contributed by atoms with Crippen LogP contribution < -0.4 is 15.4 Å². The Morgan fingerprint density at radius 2 is 2.04 bits per heavy atom. The fourth-order valence-corrected chi connectivity index (χ4v) is 2.20. The second-order valence-electron chi connectivity index (χ2n) is 5.03. The average Bonchev–Trinajstić information content (AvgIpc) is 3.16. The summed E-state index contributed by atoms with van der Waals surface area (Å²) >= 11 is 0. The van der Waals surface area contributed by atoms with Gasteiger partial charge in [-0.25, -0.2) is 4.98 Å². The Balaban J connectivity index is 1.59. The highest BCUT2D eigenvalue weighted by atomic mass is 16.5. The van der Waals surface area contributed by atoms with Crippen LogP contribution in [0.2, 0.25) is 0 Å². The smallest absolute Gasteiger partial charge is 0.292 e. The molecule has 0 aliphatic heterocycles. The van der Waals surface area contributed by atoms with E-state index >= 15 is 0 Å². The van der Waals surface area contributed by atoms with Gasteiger partial charge in [0.2, 0.25) is 0 Å². The number of para-hydroxylation sites is 1. The lowest BCUT2D eigenvalue weighted by Gasteiger charge is -2.10. The molecule has 122 valence electrons. The van der Waals surface area contributed by atoms with E-state index in [1.807, 2.05) is 30.3 Å². The van der Waals surface area contributed by atoms with Crippen LogP contribution in [0.1, 0.15) is 16.1 Å². The third-order valence-corrected chi connectivity index (χ3v) is 3.43. The van der Waals surface area contributed by atoms with Gasteiger partial charge in [-0.1, -0.05) is 18.2 Å². The van der Waals surface area contributed by atoms with Gasteiger partial charge < -0.3 is 19.8 Å². The zero-order chi connectivity index (χ0) is 16.8. The highest BCUT2D eigenvalue weighted by Crippen LogP contribution is 2.19. The fourth-order valence-electron chi connectivity index (χ4n) is 2.20. The third-order valence-electron chi connectivity index (χ3n) is 3.43. The summed E-state index contributed by atoms with van der Waals surface area (Å²) < 4.78 is 10.4. The monoisotopic (exact) mass is 323 g/mol. The van der Waals surface area contributed by atoms with Gasteiger partial charge in [-0.2, -0.15) is 0 Å². The third kappa shape index (κ3) is 3.73. The van der Waals surface area contributed by atoms with Gasteiger partial charge in [0.1, 0.15) is 11.6 Å². The Bertz CT molecular complexity index is 799. The van der Waals surface area contributed by atoms with E-state index in [9.17, 15) is 4.79 Å². The van der Waals surface area contributed by atoms with E-state index in [0.717, 1.165) is 17.0 Å². The molecule has 3 rings (SSSR count). The Morgan fingerprint density at radius 3 is 2.75 bits per heavy atom. The Labute approximate surface area is 139 Å². The number of carbonyl (C=O) groups is 1. The van der Waals surface area contributed by atoms with Gasteiger partial charge in [0, 0.05) is 12.1 Å². The predicted octanol–water partition coefficient (Wildman–Crippen LogP) is 3.55. The number of anilines is 2. The van der Waals surface area contributed by atoms with Crippen molar-refractivity contribution in [2.45, 2.75) is 6.54 Å². The SMILES string of the molecule is COc1ccccc1CNc1ccc(NC(=O)c2ccco2)nc1. The number of hydrogen-bond acceptors (Lipinski definition) is 5. The molecule has 1 amide bonds. The topological polar surface area (TPSA) is 76.4 Å². The van der Waals surface area contributed by atoms with Crippen LogP contribution in [0.4, 0.5) is 11.5 Å². The molecule has 0 atom stereocenters. The maximum Gasteiger partial charge on any atom is 0.292 e. The molecule has 0 radical (unpaired) electrons. The molecule has 6 heteroatoms. The van der Waals surface area contributed by atoms with Crippen LogP contribution in [0.25, 0.3) is 0 Å². The zero-order valence-corrected chi connectivity index (χ0v) is 13.2. The molecular formula is C18H17N3O3. The maximum absolute atomic E-state index is 11.9. The summed E-state index contributed by atoms with van der Waals surface area (Å²) in [6.45, 7) is 0.615. The highest BCUT2D eigenvalue weighted by Gasteiger charge is 2.09. The van der Waals surface area contributed by atoms with Crippen molar-refractivity contribution in [3.8, 4) is 5.75 Å². The summed E-state index contributed by atoms with van der Waals surface area (Å²) in [6.07, 6.45) is 3.11. The number of benzene rings is 1. The molecule has 0 aliphatic rings. The van der Waals surface area contributed by atoms with Gasteiger partial charge in [0.25, 0.3) is 5.91 Å². The molecule has 2 N–H and O–H groups in total. The van der Waals surface area contributed by atoms with Crippen molar-refractivity contribution in [3.63, 3.8) is 0 Å². The largest absolute Gasteiger partial charge is 0.496 e. The lowest BCUT2D eigenvalue weighted by Crippen LogP contribution is -2.12. The molecule has 3 aromatic rings. The Hall–Kier alpha value is -3.28. The number of furan rings is 1. The van der Waals surface area contributed by atoms with Crippen molar-refractivity contribution in [1.29, 1.82) is 0 Å². The van der Waals surface area contributed by atoms with Gasteiger partial charge in [-0.3, -0.25) is 4.79 Å². The zero-order valence-electron chi connectivity index (χ0n) is 13.2. The Kier molecular flexibility index (Phi) is 4.76. The van der Waals surface area contributed by atoms with E-state index in [2.05, 4.69) is 15.6 Å². The van der Waals surface area contributed by atoms with Crippen LogP contribution >= 0.6 is 0 Å². The van der Waals surface area contributed by atoms with E-state index in [1.165, 1.54) is 6.26 Å². The predicted molar refractivity (Wildman–Crippen MR) is 91.2 cm³/mol. The minimum atomic E-state index is -0.331. The molecule has 0 fully saturated rings. The summed E-state index contributed by atoms with van der Waals surface area (Å²) in [5, 5.41) is 5.94. The number of carbonyl (C=O) groups excluding carboxylic acids is 1. The molecule has 0 saturated heterocycles. The normalized spacial score (nSPS) is 10.2. The Morgan fingerprint density at radius 1 is 1.17 bits per heavy atom. The van der Waals surface area contributed by atoms with E-state index in [1.54, 1.807) is 31.5 Å². The van der Waals surface area contributed by atoms with Crippen molar-refractivity contribution < 1.29 is 13.9 Å². The van der Waals surface area contributed by atoms with Crippen LogP contribution in [-0.4, -0.2) is 18.0 Å². The van der Waals surface area contributed by atoms with Crippen molar-refractivity contribution in [3.05, 3.63) is 72.3 Å². The number of methoxy groups -OCH3 is 1. The second-order valence-corrected chi connectivity index (χ2v) is 5.03. The van der Waals surface area contributed by atoms with Crippen molar-refractivity contribution >= 4 is 17.4 Å². The van der Waals surface area contributed by atoms with E-state index in [4.69, 9.17) is 9.15 Å². The number of ether oxygens (including phenoxy) is 1. The number of nitrogens with one attached hydrogen (secondary N) is 2. The first-order chi connectivity index (χ1) is 11.8. The van der Waals surface area contributed by atoms with E-state index < -0.39 is 0 Å². The molecule has 0 unspecified atom stereocenters. The van der Waals surface area contributed by atoms with Crippen molar-refractivity contribution in [2.75, 3.05) is 17.7 Å². The molecule has 0 aliphatic carbocycles. The molecular weight excluding hydrogens is 306 g/mol. The average molecular weight is 323 g/mol. The van der Waals surface area contributed by atoms with Crippen LogP contribution in [0.5, 0.6) is 5.75 Å². The number of aromatic nitrogens is 1. The summed E-state index contributed by atoms with van der Waals surface area (Å²) in [6, 6.07) is 14.6. The highest BCUT2D eigenvalue weighted by molar-refractivity contribution is 6.01. The lowest BCUT2D eigenvalue weighted by atomic mass is 10.2. The van der Waals surface area contributed by atoms with Gasteiger partial charge >= 0.3 is 0 Å². The van der Waals surface area contributed by atoms with Crippen LogP contribution in [0, 0.1) is 0 Å². The molecule has 6 nitrogen and oxygen atoms in total. The summed E-state index contributed by atoms with van der Waals surface area (Å²) in [5.41, 5.74) is 1.90. The number of rotatable bonds is 6. The second kappa shape index (κ2) is 7.32. The molecule has 0 saturated carbocycles. The van der Waals surface area contributed by atoms with Gasteiger partial charge in [-0.05, 0) is 30.3 Å². The first kappa shape index (κ1) is 15.6. The standard InChI is InChI=1S/C18H17N3O3/c1-23-15-6-3-2-5-13(15)11-19-14-8-9-17(20-12-14)21-18(22)16-7-4-10-24-16/h2-10,12,19H,11H2,1H3,(H,20,21,22). The fraction of sp³-hybridized carbons (Fsp3) is 0.111. The molecule has 24 heavy (non-hydrogen) atoms. The molecule has 2 aromatic heterocycles. The van der Waals surface area contributed by atoms with Gasteiger partial charge in [0.15, 0.2) is 5.76 Å². The van der Waals surface area contributed by atoms with Crippen LogP contribution in [-0.2, 0) is 6.54 Å². The number of amides is 1. The van der Waals surface area contributed by atoms with Gasteiger partial charge in [0.05, 0.1) is 25.3 Å². The van der Waals surface area contributed by atoms with Crippen LogP contribution in [0.15, 0.2) is 65.4 Å². The van der Waals surface area contributed by atoms with Crippen LogP contribution in [0.3, 0.4) is 0 Å². The number of hydrogen-bond donors (Lipinski definition) is 2.